The first kappa shape index (κ1) is 13.4. The summed E-state index contributed by atoms with van der Waals surface area (Å²) >= 11 is 0. The molecule has 3 N–H and O–H groups in total. The topological polar surface area (TPSA) is 92.6 Å². The van der Waals surface area contributed by atoms with Crippen LogP contribution in [0.5, 0.6) is 0 Å². The summed E-state index contributed by atoms with van der Waals surface area (Å²) in [5.41, 5.74) is 7.01. The molecule has 1 aromatic rings. The van der Waals surface area contributed by atoms with Crippen molar-refractivity contribution in [3.8, 4) is 0 Å². The monoisotopic (exact) mass is 239 g/mol. The van der Waals surface area contributed by atoms with Crippen LogP contribution in [-0.2, 0) is 6.54 Å². The first-order valence-electron chi connectivity index (χ1n) is 5.29. The molecule has 0 bridgehead atoms. The Morgan fingerprint density at radius 1 is 1.59 bits per heavy atom. The van der Waals surface area contributed by atoms with Gasteiger partial charge in [0.05, 0.1) is 11.5 Å². The van der Waals surface area contributed by atoms with Crippen molar-refractivity contribution in [2.45, 2.75) is 19.5 Å². The highest BCUT2D eigenvalue weighted by Gasteiger charge is 2.13. The van der Waals surface area contributed by atoms with E-state index in [1.807, 2.05) is 18.9 Å². The fraction of sp³-hybridized carbons (Fsp3) is 0.455. The van der Waals surface area contributed by atoms with Gasteiger partial charge in [-0.1, -0.05) is 0 Å². The molecule has 0 aromatic heterocycles. The number of hydrogen-bond acceptors (Lipinski definition) is 5. The number of nitrogens with two attached hydrogens (primary N) is 1. The summed E-state index contributed by atoms with van der Waals surface area (Å²) in [5.74, 6) is 0. The number of nitrogens with zero attached hydrogens (tertiary/aromatic N) is 2. The number of anilines is 1. The van der Waals surface area contributed by atoms with Gasteiger partial charge in [0, 0.05) is 30.4 Å². The fourth-order valence-electron chi connectivity index (χ4n) is 1.41. The summed E-state index contributed by atoms with van der Waals surface area (Å²) in [5, 5.41) is 19.7. The minimum absolute atomic E-state index is 0.0198. The number of aliphatic hydroxyl groups is 1. The van der Waals surface area contributed by atoms with Crippen LogP contribution in [0.3, 0.4) is 0 Å². The van der Waals surface area contributed by atoms with E-state index < -0.39 is 4.92 Å². The average Bonchev–Trinajstić information content (AvgIpc) is 2.30. The molecule has 0 aliphatic rings. The van der Waals surface area contributed by atoms with Crippen LogP contribution < -0.4 is 5.73 Å². The predicted molar refractivity (Wildman–Crippen MR) is 65.5 cm³/mol. The molecule has 1 aromatic carbocycles. The molecular weight excluding hydrogens is 222 g/mol. The molecule has 0 heterocycles. The molecule has 0 amide bonds. The Hall–Kier alpha value is -1.66. The fourth-order valence-corrected chi connectivity index (χ4v) is 1.41. The Balaban J connectivity index is 2.89. The summed E-state index contributed by atoms with van der Waals surface area (Å²) in [7, 11) is 1.83. The second-order valence-corrected chi connectivity index (χ2v) is 4.09. The number of nitro groups is 1. The molecule has 0 saturated carbocycles. The lowest BCUT2D eigenvalue weighted by molar-refractivity contribution is -0.384. The predicted octanol–water partition coefficient (Wildman–Crippen LogP) is 0.990. The van der Waals surface area contributed by atoms with Crippen molar-refractivity contribution in [3.05, 3.63) is 33.9 Å². The lowest BCUT2D eigenvalue weighted by Crippen LogP contribution is -2.31. The molecule has 6 heteroatoms. The number of rotatable bonds is 5. The third kappa shape index (κ3) is 3.40. The van der Waals surface area contributed by atoms with E-state index in [0.717, 1.165) is 0 Å². The molecule has 1 rings (SSSR count). The van der Waals surface area contributed by atoms with E-state index in [0.29, 0.717) is 17.8 Å². The normalized spacial score (nSPS) is 12.7. The SMILES string of the molecule is CC(CO)N(C)Cc1cc([N+](=O)[O-])ccc1N. The van der Waals surface area contributed by atoms with E-state index in [4.69, 9.17) is 10.8 Å². The molecule has 0 radical (unpaired) electrons. The van der Waals surface area contributed by atoms with Crippen LogP contribution in [0.25, 0.3) is 0 Å². The highest BCUT2D eigenvalue weighted by atomic mass is 16.6. The minimum atomic E-state index is -0.446. The first-order valence-corrected chi connectivity index (χ1v) is 5.29. The van der Waals surface area contributed by atoms with Crippen LogP contribution in [0.15, 0.2) is 18.2 Å². The van der Waals surface area contributed by atoms with Crippen molar-refractivity contribution < 1.29 is 10.0 Å². The number of aliphatic hydroxyl groups excluding tert-OH is 1. The van der Waals surface area contributed by atoms with E-state index in [1.54, 1.807) is 0 Å². The summed E-state index contributed by atoms with van der Waals surface area (Å²) in [6, 6.07) is 4.36. The van der Waals surface area contributed by atoms with Crippen LogP contribution in [0.1, 0.15) is 12.5 Å². The molecular formula is C11H17N3O3. The maximum Gasteiger partial charge on any atom is 0.269 e. The third-order valence-electron chi connectivity index (χ3n) is 2.77. The maximum absolute atomic E-state index is 10.7. The van der Waals surface area contributed by atoms with E-state index in [2.05, 4.69) is 0 Å². The van der Waals surface area contributed by atoms with Crippen molar-refractivity contribution in [3.63, 3.8) is 0 Å². The summed E-state index contributed by atoms with van der Waals surface area (Å²) < 4.78 is 0. The number of non-ortho nitro benzene ring substituents is 1. The number of benzene rings is 1. The van der Waals surface area contributed by atoms with Crippen LogP contribution in [0, 0.1) is 10.1 Å². The zero-order valence-electron chi connectivity index (χ0n) is 9.96. The van der Waals surface area contributed by atoms with E-state index in [9.17, 15) is 10.1 Å². The second kappa shape index (κ2) is 5.60. The van der Waals surface area contributed by atoms with Crippen LogP contribution in [-0.4, -0.2) is 34.6 Å². The molecule has 0 saturated heterocycles. The van der Waals surface area contributed by atoms with Gasteiger partial charge in [0.2, 0.25) is 0 Å². The molecule has 6 nitrogen and oxygen atoms in total. The number of likely N-dealkylation sites (N-methyl/N-ethyl adjacent to an activating group) is 1. The average molecular weight is 239 g/mol. The standard InChI is InChI=1S/C11H17N3O3/c1-8(7-15)13(2)6-9-5-10(14(16)17)3-4-11(9)12/h3-5,8,15H,6-7,12H2,1-2H3. The lowest BCUT2D eigenvalue weighted by Gasteiger charge is -2.23. The zero-order chi connectivity index (χ0) is 13.0. The Morgan fingerprint density at radius 2 is 2.24 bits per heavy atom. The van der Waals surface area contributed by atoms with E-state index in [1.165, 1.54) is 18.2 Å². The quantitative estimate of drug-likeness (QED) is 0.454. The maximum atomic E-state index is 10.7. The molecule has 0 aliphatic carbocycles. The molecule has 0 fully saturated rings. The molecule has 17 heavy (non-hydrogen) atoms. The Kier molecular flexibility index (Phi) is 4.42. The van der Waals surface area contributed by atoms with Crippen molar-refractivity contribution in [1.82, 2.24) is 4.90 Å². The van der Waals surface area contributed by atoms with Gasteiger partial charge in [-0.3, -0.25) is 15.0 Å². The van der Waals surface area contributed by atoms with Gasteiger partial charge < -0.3 is 10.8 Å². The molecule has 1 atom stereocenters. The summed E-state index contributed by atoms with van der Waals surface area (Å²) in [4.78, 5) is 12.1. The van der Waals surface area contributed by atoms with Crippen LogP contribution >= 0.6 is 0 Å². The molecule has 94 valence electrons. The molecule has 0 spiro atoms. The summed E-state index contributed by atoms with van der Waals surface area (Å²) in [6.07, 6.45) is 0. The van der Waals surface area contributed by atoms with Crippen LogP contribution in [0.4, 0.5) is 11.4 Å². The van der Waals surface area contributed by atoms with E-state index in [-0.39, 0.29) is 18.3 Å². The highest BCUT2D eigenvalue weighted by Crippen LogP contribution is 2.21. The zero-order valence-corrected chi connectivity index (χ0v) is 9.96. The van der Waals surface area contributed by atoms with Gasteiger partial charge in [-0.05, 0) is 25.6 Å². The first-order chi connectivity index (χ1) is 7.95. The highest BCUT2D eigenvalue weighted by molar-refractivity contribution is 5.52. The number of nitro benzene ring substituents is 1. The second-order valence-electron chi connectivity index (χ2n) is 4.09. The Labute approximate surface area is 99.8 Å². The van der Waals surface area contributed by atoms with Crippen molar-refractivity contribution in [1.29, 1.82) is 0 Å². The molecule has 0 aliphatic heterocycles. The van der Waals surface area contributed by atoms with Gasteiger partial charge in [0.15, 0.2) is 0 Å². The van der Waals surface area contributed by atoms with Crippen LogP contribution in [0.2, 0.25) is 0 Å². The van der Waals surface area contributed by atoms with Gasteiger partial charge in [0.25, 0.3) is 5.69 Å². The summed E-state index contributed by atoms with van der Waals surface area (Å²) in [6.45, 7) is 2.37. The van der Waals surface area contributed by atoms with E-state index >= 15 is 0 Å². The minimum Gasteiger partial charge on any atom is -0.398 e. The molecule has 1 unspecified atom stereocenters. The van der Waals surface area contributed by atoms with Gasteiger partial charge in [-0.25, -0.2) is 0 Å². The van der Waals surface area contributed by atoms with Crippen molar-refractivity contribution >= 4 is 11.4 Å². The lowest BCUT2D eigenvalue weighted by atomic mass is 10.1. The largest absolute Gasteiger partial charge is 0.398 e. The smallest absolute Gasteiger partial charge is 0.269 e. The van der Waals surface area contributed by atoms with Gasteiger partial charge in [-0.2, -0.15) is 0 Å². The number of hydrogen-bond donors (Lipinski definition) is 2. The van der Waals surface area contributed by atoms with Crippen molar-refractivity contribution in [2.24, 2.45) is 0 Å². The third-order valence-corrected chi connectivity index (χ3v) is 2.77. The van der Waals surface area contributed by atoms with Crippen molar-refractivity contribution in [2.75, 3.05) is 19.4 Å². The van der Waals surface area contributed by atoms with Gasteiger partial charge >= 0.3 is 0 Å². The number of nitrogen functional groups attached to an aromatic ring is 1. The Morgan fingerprint density at radius 3 is 2.76 bits per heavy atom. The van der Waals surface area contributed by atoms with Gasteiger partial charge in [-0.15, -0.1) is 0 Å². The van der Waals surface area contributed by atoms with Gasteiger partial charge in [0.1, 0.15) is 0 Å². The Bertz CT molecular complexity index is 409.